The van der Waals surface area contributed by atoms with E-state index in [-0.39, 0.29) is 12.3 Å². The van der Waals surface area contributed by atoms with Gasteiger partial charge >= 0.3 is 0 Å². The number of hydrogen-bond acceptors (Lipinski definition) is 4. The summed E-state index contributed by atoms with van der Waals surface area (Å²) in [4.78, 5) is 9.83. The van der Waals surface area contributed by atoms with E-state index in [1.165, 1.54) is 61.2 Å². The molecule has 0 aliphatic carbocycles. The number of nitrogens with zero attached hydrogens (tertiary/aromatic N) is 4. The van der Waals surface area contributed by atoms with Crippen molar-refractivity contribution in [1.82, 2.24) is 0 Å². The Morgan fingerprint density at radius 2 is 0.784 bits per heavy atom. The van der Waals surface area contributed by atoms with Crippen molar-refractivity contribution in [2.45, 2.75) is 33.1 Å². The van der Waals surface area contributed by atoms with Crippen LogP contribution in [0.1, 0.15) is 19.4 Å². The molecule has 0 fully saturated rings. The van der Waals surface area contributed by atoms with Crippen LogP contribution in [0.5, 0.6) is 0 Å². The van der Waals surface area contributed by atoms with Gasteiger partial charge in [0.25, 0.3) is 0 Å². The van der Waals surface area contributed by atoms with E-state index in [0.29, 0.717) is 0 Å². The van der Waals surface area contributed by atoms with Gasteiger partial charge in [0, 0.05) is 47.6 Å². The number of anilines is 6. The van der Waals surface area contributed by atoms with Crippen molar-refractivity contribution in [1.29, 1.82) is 0 Å². The van der Waals surface area contributed by atoms with E-state index in [2.05, 4.69) is 145 Å². The smallest absolute Gasteiger partial charge is 0.103 e. The largest absolute Gasteiger partial charge is 0.354 e. The number of benzene rings is 5. The second kappa shape index (κ2) is 7.91. The van der Waals surface area contributed by atoms with E-state index in [1.54, 1.807) is 0 Å². The molecular formula is C33H32N4. The molecule has 2 atom stereocenters. The average molecular weight is 485 g/mol. The maximum Gasteiger partial charge on any atom is 0.103 e. The van der Waals surface area contributed by atoms with Gasteiger partial charge in [-0.15, -0.1) is 0 Å². The topological polar surface area (TPSA) is 13.0 Å². The summed E-state index contributed by atoms with van der Waals surface area (Å²) in [6.07, 6.45) is 0.361. The third-order valence-electron chi connectivity index (χ3n) is 8.66. The lowest BCUT2D eigenvalue weighted by atomic mass is 9.98. The van der Waals surface area contributed by atoms with Gasteiger partial charge in [-0.3, -0.25) is 0 Å². The fourth-order valence-corrected chi connectivity index (χ4v) is 6.54. The molecule has 2 aliphatic heterocycles. The van der Waals surface area contributed by atoms with E-state index < -0.39 is 0 Å². The molecule has 4 heteroatoms. The van der Waals surface area contributed by atoms with E-state index in [1.807, 2.05) is 0 Å². The van der Waals surface area contributed by atoms with Crippen LogP contribution in [0.25, 0.3) is 21.5 Å². The summed E-state index contributed by atoms with van der Waals surface area (Å²) in [7, 11) is 4.42. The van der Waals surface area contributed by atoms with E-state index in [0.717, 1.165) is 0 Å². The molecule has 7 rings (SSSR count). The normalized spacial score (nSPS) is 18.7. The predicted molar refractivity (Wildman–Crippen MR) is 159 cm³/mol. The predicted octanol–water partition coefficient (Wildman–Crippen LogP) is 8.17. The van der Waals surface area contributed by atoms with Gasteiger partial charge in [-0.25, -0.2) is 0 Å². The molecule has 2 heterocycles. The summed E-state index contributed by atoms with van der Waals surface area (Å²) < 4.78 is 0. The highest BCUT2D eigenvalue weighted by atomic mass is 15.4. The summed E-state index contributed by atoms with van der Waals surface area (Å²) >= 11 is 0. The van der Waals surface area contributed by atoms with Crippen LogP contribution in [0.4, 0.5) is 34.1 Å². The van der Waals surface area contributed by atoms with Crippen LogP contribution < -0.4 is 19.6 Å². The molecule has 2 aliphatic rings. The Hall–Kier alpha value is -4.18. The maximum absolute atomic E-state index is 2.51. The lowest BCUT2D eigenvalue weighted by molar-refractivity contribution is 0.680. The third kappa shape index (κ3) is 2.96. The fraction of sp³-hybridized carbons (Fsp3) is 0.212. The van der Waals surface area contributed by atoms with Crippen LogP contribution in [0.15, 0.2) is 91.0 Å². The summed E-state index contributed by atoms with van der Waals surface area (Å²) in [5.74, 6) is 0. The van der Waals surface area contributed by atoms with Gasteiger partial charge in [-0.2, -0.15) is 0 Å². The number of hydrogen-bond donors (Lipinski definition) is 0. The average Bonchev–Trinajstić information content (AvgIpc) is 2.92. The zero-order valence-corrected chi connectivity index (χ0v) is 22.1. The van der Waals surface area contributed by atoms with Gasteiger partial charge in [0.1, 0.15) is 12.3 Å². The first-order valence-corrected chi connectivity index (χ1v) is 13.1. The molecule has 37 heavy (non-hydrogen) atoms. The second-order valence-electron chi connectivity index (χ2n) is 10.5. The van der Waals surface area contributed by atoms with Gasteiger partial charge in [-0.1, -0.05) is 54.6 Å². The van der Waals surface area contributed by atoms with Crippen molar-refractivity contribution < 1.29 is 0 Å². The summed E-state index contributed by atoms with van der Waals surface area (Å²) in [6, 6.07) is 33.4. The van der Waals surface area contributed by atoms with Gasteiger partial charge in [-0.05, 0) is 73.5 Å². The minimum absolute atomic E-state index is 0.181. The minimum atomic E-state index is 0.181. The molecule has 5 aromatic carbocycles. The highest BCUT2D eigenvalue weighted by Crippen LogP contribution is 2.49. The highest BCUT2D eigenvalue weighted by molar-refractivity contribution is 6.09. The Kier molecular flexibility index (Phi) is 4.71. The van der Waals surface area contributed by atoms with Gasteiger partial charge in [0.05, 0.1) is 11.4 Å². The van der Waals surface area contributed by atoms with Gasteiger partial charge in [0.15, 0.2) is 0 Å². The standard InChI is InChI=1S/C33H32N4/c1-21-26(36-22(2)34(4)28-17-6-11-24-13-8-19-30(36)32(24)28)15-10-16-27(21)37-23(3)35(5)29-18-7-12-25-14-9-20-31(37)33(25)29/h6-20,22-23H,1-5H3/t22-,23?/m0/s1. The molecular weight excluding hydrogens is 452 g/mol. The van der Waals surface area contributed by atoms with E-state index in [9.17, 15) is 0 Å². The van der Waals surface area contributed by atoms with Crippen LogP contribution in [0.2, 0.25) is 0 Å². The first-order chi connectivity index (χ1) is 18.0. The first-order valence-electron chi connectivity index (χ1n) is 13.1. The molecule has 1 unspecified atom stereocenters. The molecule has 0 aromatic heterocycles. The lowest BCUT2D eigenvalue weighted by Gasteiger charge is -2.46. The van der Waals surface area contributed by atoms with Crippen LogP contribution in [-0.2, 0) is 0 Å². The third-order valence-corrected chi connectivity index (χ3v) is 8.66. The molecule has 0 radical (unpaired) electrons. The molecule has 184 valence electrons. The number of rotatable bonds is 2. The second-order valence-corrected chi connectivity index (χ2v) is 10.5. The van der Waals surface area contributed by atoms with Crippen molar-refractivity contribution >= 4 is 55.7 Å². The van der Waals surface area contributed by atoms with E-state index in [4.69, 9.17) is 0 Å². The molecule has 0 bridgehead atoms. The lowest BCUT2D eigenvalue weighted by Crippen LogP contribution is -2.46. The Morgan fingerprint density at radius 1 is 0.459 bits per heavy atom. The van der Waals surface area contributed by atoms with Crippen molar-refractivity contribution in [3.8, 4) is 0 Å². The molecule has 5 aromatic rings. The Labute approximate surface area is 218 Å². The van der Waals surface area contributed by atoms with Crippen LogP contribution >= 0.6 is 0 Å². The SMILES string of the molecule is Cc1c(N2c3cccc4cccc(c34)N(C)C2C)cccc1N1c2cccc3cccc(c23)N(C)[C@@H]1C. The maximum atomic E-state index is 2.51. The van der Waals surface area contributed by atoms with Crippen molar-refractivity contribution in [2.75, 3.05) is 33.7 Å². The van der Waals surface area contributed by atoms with Crippen molar-refractivity contribution in [3.05, 3.63) is 96.6 Å². The first kappa shape index (κ1) is 22.1. The summed E-state index contributed by atoms with van der Waals surface area (Å²) in [5.41, 5.74) is 8.92. The van der Waals surface area contributed by atoms with Gasteiger partial charge < -0.3 is 19.6 Å². The van der Waals surface area contributed by atoms with Crippen molar-refractivity contribution in [2.24, 2.45) is 0 Å². The molecule has 0 saturated heterocycles. The fourth-order valence-electron chi connectivity index (χ4n) is 6.54. The summed E-state index contributed by atoms with van der Waals surface area (Å²) in [5, 5.41) is 5.20. The molecule has 0 spiro atoms. The Bertz CT molecular complexity index is 1560. The Balaban J connectivity index is 1.45. The van der Waals surface area contributed by atoms with Crippen LogP contribution in [-0.4, -0.2) is 26.4 Å². The summed E-state index contributed by atoms with van der Waals surface area (Å²) in [6.45, 7) is 6.88. The van der Waals surface area contributed by atoms with E-state index >= 15 is 0 Å². The molecule has 4 nitrogen and oxygen atoms in total. The van der Waals surface area contributed by atoms with Gasteiger partial charge in [0.2, 0.25) is 0 Å². The zero-order chi connectivity index (χ0) is 25.4. The quantitative estimate of drug-likeness (QED) is 0.250. The molecule has 0 N–H and O–H groups in total. The molecule has 0 amide bonds. The zero-order valence-electron chi connectivity index (χ0n) is 22.1. The minimum Gasteiger partial charge on any atom is -0.354 e. The monoisotopic (exact) mass is 484 g/mol. The highest BCUT2D eigenvalue weighted by Gasteiger charge is 2.33. The van der Waals surface area contributed by atoms with Crippen LogP contribution in [0.3, 0.4) is 0 Å². The Morgan fingerprint density at radius 3 is 1.19 bits per heavy atom. The van der Waals surface area contributed by atoms with Crippen LogP contribution in [0, 0.1) is 6.92 Å². The van der Waals surface area contributed by atoms with Crippen molar-refractivity contribution in [3.63, 3.8) is 0 Å². The molecule has 0 saturated carbocycles.